The molecule has 1 aliphatic rings. The molecule has 1 saturated heterocycles. The average Bonchev–Trinajstić information content (AvgIpc) is 3.17. The van der Waals surface area contributed by atoms with Crippen molar-refractivity contribution in [3.63, 3.8) is 0 Å². The molecule has 24 heavy (non-hydrogen) atoms. The van der Waals surface area contributed by atoms with Gasteiger partial charge >= 0.3 is 6.03 Å². The minimum absolute atomic E-state index is 0.0947. The molecule has 1 aromatic heterocycles. The zero-order valence-electron chi connectivity index (χ0n) is 13.9. The molecule has 1 aliphatic heterocycles. The Hall–Kier alpha value is -2.15. The van der Waals surface area contributed by atoms with Crippen molar-refractivity contribution in [2.24, 2.45) is 13.0 Å². The molecule has 2 atom stereocenters. The molecule has 128 valence electrons. The Morgan fingerprint density at radius 1 is 1.46 bits per heavy atom. The fourth-order valence-corrected chi connectivity index (χ4v) is 3.61. The van der Waals surface area contributed by atoms with E-state index in [0.717, 1.165) is 25.9 Å². The van der Waals surface area contributed by atoms with Gasteiger partial charge in [-0.05, 0) is 42.5 Å². The Balaban J connectivity index is 1.56. The van der Waals surface area contributed by atoms with Crippen molar-refractivity contribution in [3.8, 4) is 0 Å². The zero-order chi connectivity index (χ0) is 17.1. The molecule has 0 unspecified atom stereocenters. The normalized spacial score (nSPS) is 18.6. The van der Waals surface area contributed by atoms with E-state index in [-0.39, 0.29) is 6.03 Å². The number of urea groups is 1. The van der Waals surface area contributed by atoms with E-state index in [1.165, 1.54) is 5.56 Å². The lowest BCUT2D eigenvalue weighted by molar-refractivity contribution is 0.221. The van der Waals surface area contributed by atoms with Crippen molar-refractivity contribution in [1.29, 1.82) is 0 Å². The highest BCUT2D eigenvalue weighted by Crippen LogP contribution is 2.22. The van der Waals surface area contributed by atoms with Gasteiger partial charge in [0, 0.05) is 54.0 Å². The van der Waals surface area contributed by atoms with Crippen molar-refractivity contribution in [1.82, 2.24) is 14.7 Å². The summed E-state index contributed by atoms with van der Waals surface area (Å²) in [6, 6.07) is 7.09. The maximum atomic E-state index is 12.4. The highest BCUT2D eigenvalue weighted by Gasteiger charge is 2.26. The van der Waals surface area contributed by atoms with Crippen LogP contribution in [-0.2, 0) is 24.3 Å². The topological polar surface area (TPSA) is 67.2 Å². The molecule has 3 rings (SSSR count). The molecule has 0 spiro atoms. The third-order valence-corrected chi connectivity index (χ3v) is 5.19. The molecular weight excluding hydrogens is 324 g/mol. The van der Waals surface area contributed by atoms with Crippen LogP contribution in [-0.4, -0.2) is 44.3 Å². The van der Waals surface area contributed by atoms with Gasteiger partial charge in [0.25, 0.3) is 0 Å². The van der Waals surface area contributed by atoms with E-state index in [0.29, 0.717) is 16.5 Å². The second-order valence-electron chi connectivity index (χ2n) is 6.24. The molecule has 7 heteroatoms. The minimum atomic E-state index is -1.06. The van der Waals surface area contributed by atoms with Crippen molar-refractivity contribution in [2.75, 3.05) is 24.7 Å². The van der Waals surface area contributed by atoms with Gasteiger partial charge in [0.2, 0.25) is 0 Å². The highest BCUT2D eigenvalue weighted by molar-refractivity contribution is 7.84. The van der Waals surface area contributed by atoms with E-state index in [2.05, 4.69) is 10.4 Å². The Labute approximate surface area is 144 Å². The molecule has 1 aromatic carbocycles. The van der Waals surface area contributed by atoms with E-state index in [4.69, 9.17) is 0 Å². The smallest absolute Gasteiger partial charge is 0.321 e. The summed E-state index contributed by atoms with van der Waals surface area (Å²) in [6.45, 7) is 1.51. The van der Waals surface area contributed by atoms with Crippen molar-refractivity contribution < 1.29 is 9.00 Å². The minimum Gasteiger partial charge on any atom is -0.324 e. The van der Waals surface area contributed by atoms with Gasteiger partial charge in [-0.15, -0.1) is 0 Å². The first kappa shape index (κ1) is 16.7. The van der Waals surface area contributed by atoms with E-state index < -0.39 is 10.8 Å². The maximum Gasteiger partial charge on any atom is 0.321 e. The number of amides is 2. The summed E-state index contributed by atoms with van der Waals surface area (Å²) in [4.78, 5) is 15.0. The van der Waals surface area contributed by atoms with Gasteiger partial charge in [-0.1, -0.05) is 6.07 Å². The lowest BCUT2D eigenvalue weighted by Gasteiger charge is -2.17. The molecule has 1 N–H and O–H groups in total. The van der Waals surface area contributed by atoms with E-state index in [1.807, 2.05) is 36.5 Å². The quantitative estimate of drug-likeness (QED) is 0.923. The molecular formula is C17H22N4O2S. The van der Waals surface area contributed by atoms with Gasteiger partial charge in [0.15, 0.2) is 0 Å². The summed E-state index contributed by atoms with van der Waals surface area (Å²) in [6.07, 6.45) is 7.49. The van der Waals surface area contributed by atoms with Gasteiger partial charge in [-0.2, -0.15) is 5.10 Å². The van der Waals surface area contributed by atoms with Gasteiger partial charge in [0.1, 0.15) is 0 Å². The predicted octanol–water partition coefficient (Wildman–Crippen LogP) is 2.25. The summed E-state index contributed by atoms with van der Waals surface area (Å²) in [7, 11) is 0.857. The fraction of sp³-hybridized carbons (Fsp3) is 0.412. The number of carbonyl (C=O) groups excluding carboxylic acids is 1. The second-order valence-corrected chi connectivity index (χ2v) is 7.62. The molecule has 0 saturated carbocycles. The van der Waals surface area contributed by atoms with Crippen LogP contribution in [0.15, 0.2) is 41.6 Å². The number of benzene rings is 1. The van der Waals surface area contributed by atoms with Gasteiger partial charge in [-0.3, -0.25) is 8.89 Å². The number of anilines is 1. The van der Waals surface area contributed by atoms with Gasteiger partial charge in [-0.25, -0.2) is 4.79 Å². The molecule has 2 amide bonds. The predicted molar refractivity (Wildman–Crippen MR) is 94.4 cm³/mol. The number of likely N-dealkylation sites (tertiary alicyclic amines) is 1. The Kier molecular flexibility index (Phi) is 4.99. The van der Waals surface area contributed by atoms with Crippen molar-refractivity contribution >= 4 is 22.5 Å². The number of nitrogens with zero attached hydrogens (tertiary/aromatic N) is 3. The highest BCUT2D eigenvalue weighted by atomic mass is 32.2. The number of carbonyl (C=O) groups is 1. The lowest BCUT2D eigenvalue weighted by atomic mass is 10.0. The van der Waals surface area contributed by atoms with Crippen molar-refractivity contribution in [2.45, 2.75) is 17.7 Å². The molecule has 6 nitrogen and oxygen atoms in total. The monoisotopic (exact) mass is 346 g/mol. The molecule has 0 bridgehead atoms. The third-order valence-electron chi connectivity index (χ3n) is 4.27. The van der Waals surface area contributed by atoms with Crippen LogP contribution in [0.5, 0.6) is 0 Å². The lowest BCUT2D eigenvalue weighted by Crippen LogP contribution is -2.33. The first-order chi connectivity index (χ1) is 11.5. The van der Waals surface area contributed by atoms with Crippen molar-refractivity contribution in [3.05, 3.63) is 42.2 Å². The zero-order valence-corrected chi connectivity index (χ0v) is 14.8. The molecule has 2 heterocycles. The number of rotatable bonds is 4. The van der Waals surface area contributed by atoms with Crippen LogP contribution in [0.3, 0.4) is 0 Å². The molecule has 2 aromatic rings. The van der Waals surface area contributed by atoms with E-state index in [9.17, 15) is 9.00 Å². The molecule has 0 radical (unpaired) electrons. The SMILES string of the molecule is Cn1cc(C[C@H]2CCN(C(=O)Nc3cccc([S@](C)=O)c3)C2)cn1. The number of hydrogen-bond acceptors (Lipinski definition) is 3. The Bertz CT molecular complexity index is 759. The van der Waals surface area contributed by atoms with Gasteiger partial charge in [0.05, 0.1) is 6.20 Å². The summed E-state index contributed by atoms with van der Waals surface area (Å²) < 4.78 is 13.3. The summed E-state index contributed by atoms with van der Waals surface area (Å²) >= 11 is 0. The first-order valence-electron chi connectivity index (χ1n) is 7.98. The van der Waals surface area contributed by atoms with E-state index in [1.54, 1.807) is 23.1 Å². The number of aromatic nitrogens is 2. The Morgan fingerprint density at radius 2 is 2.29 bits per heavy atom. The standard InChI is InChI=1S/C17H22N4O2S/c1-20-11-14(10-18-20)8-13-6-7-21(12-13)17(22)19-15-4-3-5-16(9-15)24(2)23/h3-5,9-11,13H,6-8,12H2,1-2H3,(H,19,22)/t13-,24+/m1/s1. The van der Waals surface area contributed by atoms with Crippen LogP contribution in [0.4, 0.5) is 10.5 Å². The average molecular weight is 346 g/mol. The van der Waals surface area contributed by atoms with E-state index >= 15 is 0 Å². The first-order valence-corrected chi connectivity index (χ1v) is 9.54. The molecule has 1 fully saturated rings. The van der Waals surface area contributed by atoms with Crippen LogP contribution in [0, 0.1) is 5.92 Å². The second kappa shape index (κ2) is 7.17. The van der Waals surface area contributed by atoms with Crippen LogP contribution in [0.2, 0.25) is 0 Å². The number of nitrogens with one attached hydrogen (secondary N) is 1. The molecule has 0 aliphatic carbocycles. The number of hydrogen-bond donors (Lipinski definition) is 1. The Morgan fingerprint density at radius 3 is 3.00 bits per heavy atom. The van der Waals surface area contributed by atoms with Crippen LogP contribution in [0.25, 0.3) is 0 Å². The number of aryl methyl sites for hydroxylation is 1. The maximum absolute atomic E-state index is 12.4. The van der Waals surface area contributed by atoms with Crippen LogP contribution >= 0.6 is 0 Å². The third kappa shape index (κ3) is 4.03. The summed E-state index contributed by atoms with van der Waals surface area (Å²) in [5.74, 6) is 0.467. The fourth-order valence-electron chi connectivity index (χ4n) is 3.05. The summed E-state index contributed by atoms with van der Waals surface area (Å²) in [5.41, 5.74) is 1.89. The van der Waals surface area contributed by atoms with Crippen LogP contribution < -0.4 is 5.32 Å². The van der Waals surface area contributed by atoms with Gasteiger partial charge < -0.3 is 10.2 Å². The largest absolute Gasteiger partial charge is 0.324 e. The van der Waals surface area contributed by atoms with Crippen LogP contribution in [0.1, 0.15) is 12.0 Å². The summed E-state index contributed by atoms with van der Waals surface area (Å²) in [5, 5.41) is 7.09.